The third-order valence-electron chi connectivity index (χ3n) is 7.94. The van der Waals surface area contributed by atoms with Crippen LogP contribution in [0.1, 0.15) is 30.3 Å². The van der Waals surface area contributed by atoms with Gasteiger partial charge in [-0.05, 0) is 54.8 Å². The molecule has 1 unspecified atom stereocenters. The molecule has 1 atom stereocenters. The lowest BCUT2D eigenvalue weighted by atomic mass is 9.99. The second-order valence-corrected chi connectivity index (χ2v) is 11.6. The van der Waals surface area contributed by atoms with Gasteiger partial charge in [-0.25, -0.2) is 4.98 Å². The molecule has 0 radical (unpaired) electrons. The van der Waals surface area contributed by atoms with Crippen molar-refractivity contribution in [2.45, 2.75) is 18.8 Å². The molecule has 3 aromatic rings. The second kappa shape index (κ2) is 15.2. The zero-order valence-electron chi connectivity index (χ0n) is 27.7. The summed E-state index contributed by atoms with van der Waals surface area (Å²) in [4.78, 5) is 13.1. The first-order valence-electron chi connectivity index (χ1n) is 15.6. The Morgan fingerprint density at radius 1 is 0.891 bits per heavy atom. The SMILES string of the molecule is COc1ccc(OCCC=CC2=CC=C(c3nc(-c4ccc(N(C)C)cc4)c(C4C=CC=C(N(C)C)C=C4)[nH]3)C=CC2)cc1OC. The molecule has 0 saturated heterocycles. The van der Waals surface area contributed by atoms with Crippen molar-refractivity contribution in [3.8, 4) is 28.5 Å². The highest BCUT2D eigenvalue weighted by Crippen LogP contribution is 2.34. The molecule has 1 heterocycles. The number of nitrogens with one attached hydrogen (secondary N) is 1. The van der Waals surface area contributed by atoms with Gasteiger partial charge in [0.15, 0.2) is 11.5 Å². The fraction of sp³-hybridized carbons (Fsp3) is 0.256. The summed E-state index contributed by atoms with van der Waals surface area (Å²) < 4.78 is 16.6. The molecule has 1 N–H and O–H groups in total. The topological polar surface area (TPSA) is 62.9 Å². The van der Waals surface area contributed by atoms with Crippen molar-refractivity contribution in [2.24, 2.45) is 0 Å². The Hall–Kier alpha value is -5.17. The molecule has 0 aliphatic heterocycles. The van der Waals surface area contributed by atoms with Gasteiger partial charge in [0.05, 0.1) is 32.2 Å². The van der Waals surface area contributed by atoms with Crippen molar-refractivity contribution in [1.29, 1.82) is 0 Å². The molecule has 2 aliphatic rings. The van der Waals surface area contributed by atoms with Gasteiger partial charge in [0.25, 0.3) is 0 Å². The Kier molecular flexibility index (Phi) is 10.7. The van der Waals surface area contributed by atoms with Crippen molar-refractivity contribution in [1.82, 2.24) is 14.9 Å². The van der Waals surface area contributed by atoms with E-state index in [4.69, 9.17) is 19.2 Å². The lowest BCUT2D eigenvalue weighted by Gasteiger charge is -2.14. The zero-order valence-corrected chi connectivity index (χ0v) is 27.7. The summed E-state index contributed by atoms with van der Waals surface area (Å²) in [6.07, 6.45) is 25.5. The van der Waals surface area contributed by atoms with E-state index < -0.39 is 0 Å². The maximum Gasteiger partial charge on any atom is 0.164 e. The number of allylic oxidation sites excluding steroid dienone is 12. The van der Waals surface area contributed by atoms with Crippen LogP contribution in [0.4, 0.5) is 5.69 Å². The normalized spacial score (nSPS) is 16.0. The summed E-state index contributed by atoms with van der Waals surface area (Å²) >= 11 is 0. The van der Waals surface area contributed by atoms with Gasteiger partial charge < -0.3 is 29.0 Å². The van der Waals surface area contributed by atoms with Crippen molar-refractivity contribution in [2.75, 3.05) is 53.9 Å². The Morgan fingerprint density at radius 2 is 1.70 bits per heavy atom. The van der Waals surface area contributed by atoms with Crippen LogP contribution in [0.15, 0.2) is 121 Å². The van der Waals surface area contributed by atoms with Crippen molar-refractivity contribution < 1.29 is 14.2 Å². The van der Waals surface area contributed by atoms with Gasteiger partial charge in [-0.1, -0.05) is 66.8 Å². The molecule has 1 aromatic heterocycles. The van der Waals surface area contributed by atoms with Gasteiger partial charge in [-0.3, -0.25) is 0 Å². The number of rotatable bonds is 12. The number of H-pyrrole nitrogens is 1. The van der Waals surface area contributed by atoms with E-state index >= 15 is 0 Å². The molecule has 0 saturated carbocycles. The van der Waals surface area contributed by atoms with Crippen molar-refractivity contribution >= 4 is 11.3 Å². The summed E-state index contributed by atoms with van der Waals surface area (Å²) in [5, 5.41) is 0. The molecule has 0 amide bonds. The molecule has 7 nitrogen and oxygen atoms in total. The van der Waals surface area contributed by atoms with Gasteiger partial charge in [0.2, 0.25) is 0 Å². The van der Waals surface area contributed by atoms with E-state index in [1.807, 2.05) is 18.2 Å². The Morgan fingerprint density at radius 3 is 2.43 bits per heavy atom. The summed E-state index contributed by atoms with van der Waals surface area (Å²) in [6, 6.07) is 14.2. The number of imidazole rings is 1. The number of hydrogen-bond donors (Lipinski definition) is 1. The molecule has 0 bridgehead atoms. The summed E-state index contributed by atoms with van der Waals surface area (Å²) in [5.41, 5.74) is 7.70. The maximum absolute atomic E-state index is 5.92. The minimum absolute atomic E-state index is 0.0593. The summed E-state index contributed by atoms with van der Waals surface area (Å²) in [5.74, 6) is 3.01. The predicted molar refractivity (Wildman–Crippen MR) is 190 cm³/mol. The average Bonchev–Trinajstić information content (AvgIpc) is 3.20. The molecule has 238 valence electrons. The number of aromatic amines is 1. The molecule has 7 heteroatoms. The fourth-order valence-electron chi connectivity index (χ4n) is 5.30. The number of benzene rings is 2. The van der Waals surface area contributed by atoms with E-state index in [0.717, 1.165) is 58.3 Å². The van der Waals surface area contributed by atoms with Crippen LogP contribution >= 0.6 is 0 Å². The van der Waals surface area contributed by atoms with Crippen LogP contribution < -0.4 is 19.1 Å². The minimum atomic E-state index is 0.0593. The Labute approximate surface area is 273 Å². The third kappa shape index (κ3) is 7.91. The first-order chi connectivity index (χ1) is 22.4. The maximum atomic E-state index is 5.92. The van der Waals surface area contributed by atoms with E-state index in [2.05, 4.69) is 134 Å². The Bertz CT molecular complexity index is 1720. The van der Waals surface area contributed by atoms with E-state index in [1.165, 1.54) is 5.57 Å². The molecule has 2 aromatic carbocycles. The van der Waals surface area contributed by atoms with Gasteiger partial charge in [0.1, 0.15) is 11.6 Å². The lowest BCUT2D eigenvalue weighted by molar-refractivity contribution is 0.316. The van der Waals surface area contributed by atoms with E-state index in [1.54, 1.807) is 14.2 Å². The van der Waals surface area contributed by atoms with Crippen LogP contribution in [0.2, 0.25) is 0 Å². The van der Waals surface area contributed by atoms with E-state index in [-0.39, 0.29) is 5.92 Å². The van der Waals surface area contributed by atoms with Crippen LogP contribution in [-0.2, 0) is 0 Å². The number of anilines is 1. The average molecular weight is 617 g/mol. The van der Waals surface area contributed by atoms with Crippen LogP contribution in [0.5, 0.6) is 17.2 Å². The highest BCUT2D eigenvalue weighted by atomic mass is 16.5. The van der Waals surface area contributed by atoms with Gasteiger partial charge in [-0.2, -0.15) is 0 Å². The second-order valence-electron chi connectivity index (χ2n) is 11.6. The van der Waals surface area contributed by atoms with Crippen LogP contribution in [-0.4, -0.2) is 63.9 Å². The molecule has 5 rings (SSSR count). The fourth-order valence-corrected chi connectivity index (χ4v) is 5.30. The number of methoxy groups -OCH3 is 2. The lowest BCUT2D eigenvalue weighted by Crippen LogP contribution is -2.08. The summed E-state index contributed by atoms with van der Waals surface area (Å²) in [7, 11) is 11.5. The molecule has 46 heavy (non-hydrogen) atoms. The molecular formula is C39H44N4O3. The zero-order chi connectivity index (χ0) is 32.5. The van der Waals surface area contributed by atoms with Crippen LogP contribution in [0.3, 0.4) is 0 Å². The van der Waals surface area contributed by atoms with Gasteiger partial charge in [-0.15, -0.1) is 0 Å². The first-order valence-corrected chi connectivity index (χ1v) is 15.6. The number of ether oxygens (including phenoxy) is 3. The summed E-state index contributed by atoms with van der Waals surface area (Å²) in [6.45, 7) is 0.569. The first kappa shape index (κ1) is 32.2. The molecular weight excluding hydrogens is 572 g/mol. The van der Waals surface area contributed by atoms with Crippen LogP contribution in [0.25, 0.3) is 16.8 Å². The molecule has 0 fully saturated rings. The molecule has 0 spiro atoms. The number of nitrogens with zero attached hydrogens (tertiary/aromatic N) is 3. The van der Waals surface area contributed by atoms with E-state index in [9.17, 15) is 0 Å². The van der Waals surface area contributed by atoms with Crippen molar-refractivity contribution in [3.63, 3.8) is 0 Å². The predicted octanol–water partition coefficient (Wildman–Crippen LogP) is 8.11. The number of likely N-dealkylation sites (N-methyl/N-ethyl adjacent to an activating group) is 1. The van der Waals surface area contributed by atoms with Crippen LogP contribution in [0, 0.1) is 0 Å². The smallest absolute Gasteiger partial charge is 0.164 e. The standard InChI is InChI=1S/C39H44N4O3/c1-42(2)32-15-10-13-29(18-21-32)37-38(30-19-22-33(23-20-30)43(3)4)41-39(40-37)31-14-9-12-28(16-17-31)11-7-8-26-46-34-24-25-35(44-5)36(27-34)45-6/h7,9-11,13-25,27,29H,8,12,26H2,1-6H3,(H,40,41). The Balaban J connectivity index is 1.33. The quantitative estimate of drug-likeness (QED) is 0.208. The molecule has 2 aliphatic carbocycles. The highest BCUT2D eigenvalue weighted by Gasteiger charge is 2.20. The number of aromatic nitrogens is 2. The van der Waals surface area contributed by atoms with Crippen molar-refractivity contribution in [3.05, 3.63) is 132 Å². The largest absolute Gasteiger partial charge is 0.493 e. The van der Waals surface area contributed by atoms with E-state index in [0.29, 0.717) is 18.1 Å². The van der Waals surface area contributed by atoms with Gasteiger partial charge in [0, 0.05) is 62.7 Å². The third-order valence-corrected chi connectivity index (χ3v) is 7.94. The number of hydrogen-bond acceptors (Lipinski definition) is 6. The highest BCUT2D eigenvalue weighted by molar-refractivity contribution is 5.76. The van der Waals surface area contributed by atoms with Gasteiger partial charge >= 0.3 is 0 Å². The minimum Gasteiger partial charge on any atom is -0.493 e. The monoisotopic (exact) mass is 616 g/mol.